The molecule has 0 radical (unpaired) electrons. The molecule has 0 saturated heterocycles. The maximum absolute atomic E-state index is 11.7. The number of fused-ring (bicyclic) bond motifs is 1. The molecule has 0 saturated carbocycles. The van der Waals surface area contributed by atoms with Crippen LogP contribution in [0.25, 0.3) is 0 Å². The summed E-state index contributed by atoms with van der Waals surface area (Å²) in [7, 11) is 0. The molecule has 0 fully saturated rings. The number of aryl methyl sites for hydroxylation is 1. The number of benzene rings is 2. The smallest absolute Gasteiger partial charge is 0.134 e. The van der Waals surface area contributed by atoms with Crippen molar-refractivity contribution < 1.29 is 4.79 Å². The van der Waals surface area contributed by atoms with Crippen molar-refractivity contribution in [3.8, 4) is 0 Å². The number of carbonyl (C=O) groups excluding carboxylic acids is 1. The summed E-state index contributed by atoms with van der Waals surface area (Å²) in [5.41, 5.74) is 3.18. The van der Waals surface area contributed by atoms with Crippen molar-refractivity contribution in [1.29, 1.82) is 0 Å². The van der Waals surface area contributed by atoms with Gasteiger partial charge in [0.15, 0.2) is 0 Å². The Morgan fingerprint density at radius 1 is 0.941 bits per heavy atom. The van der Waals surface area contributed by atoms with Crippen LogP contribution in [0.3, 0.4) is 0 Å². The molecule has 1 aliphatic carbocycles. The Bertz CT molecular complexity index is 544. The highest BCUT2D eigenvalue weighted by molar-refractivity contribution is 5.77. The van der Waals surface area contributed by atoms with Gasteiger partial charge in [-0.25, -0.2) is 0 Å². The van der Waals surface area contributed by atoms with E-state index in [1.807, 2.05) is 30.3 Å². The van der Waals surface area contributed by atoms with Crippen molar-refractivity contribution in [2.75, 3.05) is 0 Å². The fourth-order valence-corrected chi connectivity index (χ4v) is 2.87. The van der Waals surface area contributed by atoms with Gasteiger partial charge in [0.1, 0.15) is 6.29 Å². The second kappa shape index (κ2) is 3.85. The third kappa shape index (κ3) is 1.42. The highest BCUT2D eigenvalue weighted by Crippen LogP contribution is 2.42. The van der Waals surface area contributed by atoms with Gasteiger partial charge in [-0.2, -0.15) is 0 Å². The molecule has 2 aromatic rings. The zero-order valence-electron chi connectivity index (χ0n) is 9.60. The van der Waals surface area contributed by atoms with Crippen molar-refractivity contribution in [2.24, 2.45) is 0 Å². The number of carbonyl (C=O) groups is 1. The summed E-state index contributed by atoms with van der Waals surface area (Å²) in [6.45, 7) is 0. The molecule has 1 unspecified atom stereocenters. The van der Waals surface area contributed by atoms with Gasteiger partial charge in [0.2, 0.25) is 0 Å². The third-order valence-electron chi connectivity index (χ3n) is 3.78. The molecule has 1 aliphatic rings. The lowest BCUT2D eigenvalue weighted by Gasteiger charge is -2.24. The molecule has 0 amide bonds. The van der Waals surface area contributed by atoms with Gasteiger partial charge < -0.3 is 4.79 Å². The SMILES string of the molecule is O=CC1(c2ccccc2)CCc2ccccc21. The molecule has 1 nitrogen and oxygen atoms in total. The van der Waals surface area contributed by atoms with E-state index >= 15 is 0 Å². The Morgan fingerprint density at radius 3 is 2.41 bits per heavy atom. The highest BCUT2D eigenvalue weighted by Gasteiger charge is 2.39. The second-order valence-electron chi connectivity index (χ2n) is 4.61. The summed E-state index contributed by atoms with van der Waals surface area (Å²) in [6, 6.07) is 18.4. The van der Waals surface area contributed by atoms with Gasteiger partial charge in [-0.1, -0.05) is 54.6 Å². The lowest BCUT2D eigenvalue weighted by molar-refractivity contribution is -0.111. The molecule has 0 spiro atoms. The van der Waals surface area contributed by atoms with Crippen molar-refractivity contribution in [2.45, 2.75) is 18.3 Å². The zero-order valence-corrected chi connectivity index (χ0v) is 9.60. The Morgan fingerprint density at radius 2 is 1.65 bits per heavy atom. The maximum atomic E-state index is 11.7. The summed E-state index contributed by atoms with van der Waals surface area (Å²) in [5.74, 6) is 0. The van der Waals surface area contributed by atoms with E-state index in [1.165, 1.54) is 11.1 Å². The standard InChI is InChI=1S/C16H14O/c17-12-16(14-7-2-1-3-8-14)11-10-13-6-4-5-9-15(13)16/h1-9,12H,10-11H2. The molecular formula is C16H14O. The zero-order chi connectivity index (χ0) is 11.7. The molecule has 84 valence electrons. The summed E-state index contributed by atoms with van der Waals surface area (Å²) < 4.78 is 0. The van der Waals surface area contributed by atoms with Gasteiger partial charge in [-0.15, -0.1) is 0 Å². The van der Waals surface area contributed by atoms with Crippen LogP contribution in [0, 0.1) is 0 Å². The minimum absolute atomic E-state index is 0.419. The van der Waals surface area contributed by atoms with Crippen LogP contribution in [-0.2, 0) is 16.6 Å². The average Bonchev–Trinajstić information content (AvgIpc) is 2.80. The van der Waals surface area contributed by atoms with Crippen molar-refractivity contribution >= 4 is 6.29 Å². The predicted octanol–water partition coefficient (Wildman–Crippen LogP) is 3.12. The molecule has 0 heterocycles. The summed E-state index contributed by atoms with van der Waals surface area (Å²) in [4.78, 5) is 11.7. The molecule has 1 atom stereocenters. The molecule has 0 aromatic heterocycles. The van der Waals surface area contributed by atoms with Crippen LogP contribution in [0.2, 0.25) is 0 Å². The second-order valence-corrected chi connectivity index (χ2v) is 4.61. The molecule has 0 bridgehead atoms. The first-order valence-electron chi connectivity index (χ1n) is 5.97. The van der Waals surface area contributed by atoms with Crippen molar-refractivity contribution in [1.82, 2.24) is 0 Å². The molecule has 0 aliphatic heterocycles. The van der Waals surface area contributed by atoms with Crippen LogP contribution < -0.4 is 0 Å². The van der Waals surface area contributed by atoms with Gasteiger partial charge in [0.05, 0.1) is 5.41 Å². The molecule has 1 heteroatoms. The van der Waals surface area contributed by atoms with Crippen LogP contribution in [0.4, 0.5) is 0 Å². The van der Waals surface area contributed by atoms with E-state index < -0.39 is 5.41 Å². The fourth-order valence-electron chi connectivity index (χ4n) is 2.87. The average molecular weight is 222 g/mol. The largest absolute Gasteiger partial charge is 0.302 e. The first kappa shape index (κ1) is 10.3. The minimum Gasteiger partial charge on any atom is -0.302 e. The van der Waals surface area contributed by atoms with E-state index in [2.05, 4.69) is 24.3 Å². The van der Waals surface area contributed by atoms with Gasteiger partial charge in [-0.05, 0) is 29.5 Å². The number of aldehydes is 1. The van der Waals surface area contributed by atoms with E-state index in [0.29, 0.717) is 0 Å². The Hall–Kier alpha value is -1.89. The van der Waals surface area contributed by atoms with Gasteiger partial charge in [-0.3, -0.25) is 0 Å². The summed E-state index contributed by atoms with van der Waals surface area (Å²) in [5, 5.41) is 0. The first-order valence-corrected chi connectivity index (χ1v) is 5.97. The van der Waals surface area contributed by atoms with Crippen molar-refractivity contribution in [3.63, 3.8) is 0 Å². The minimum atomic E-state index is -0.419. The van der Waals surface area contributed by atoms with E-state index in [1.54, 1.807) is 0 Å². The van der Waals surface area contributed by atoms with Crippen LogP contribution in [0.1, 0.15) is 23.1 Å². The number of hydrogen-bond donors (Lipinski definition) is 0. The number of hydrogen-bond acceptors (Lipinski definition) is 1. The van der Waals surface area contributed by atoms with Crippen LogP contribution in [0.15, 0.2) is 54.6 Å². The molecule has 17 heavy (non-hydrogen) atoms. The predicted molar refractivity (Wildman–Crippen MR) is 68.0 cm³/mol. The van der Waals surface area contributed by atoms with E-state index in [4.69, 9.17) is 0 Å². The maximum Gasteiger partial charge on any atom is 0.134 e. The number of rotatable bonds is 2. The van der Waals surface area contributed by atoms with E-state index in [9.17, 15) is 4.79 Å². The van der Waals surface area contributed by atoms with Crippen LogP contribution >= 0.6 is 0 Å². The Kier molecular flexibility index (Phi) is 2.32. The van der Waals surface area contributed by atoms with E-state index in [0.717, 1.165) is 24.7 Å². The fraction of sp³-hybridized carbons (Fsp3) is 0.188. The van der Waals surface area contributed by atoms with Crippen LogP contribution in [-0.4, -0.2) is 6.29 Å². The molecule has 0 N–H and O–H groups in total. The molecular weight excluding hydrogens is 208 g/mol. The van der Waals surface area contributed by atoms with Crippen LogP contribution in [0.5, 0.6) is 0 Å². The third-order valence-corrected chi connectivity index (χ3v) is 3.78. The Balaban J connectivity index is 2.21. The van der Waals surface area contributed by atoms with Gasteiger partial charge in [0.25, 0.3) is 0 Å². The van der Waals surface area contributed by atoms with Gasteiger partial charge >= 0.3 is 0 Å². The first-order chi connectivity index (χ1) is 8.37. The quantitative estimate of drug-likeness (QED) is 0.713. The Labute approximate surface area is 101 Å². The summed E-state index contributed by atoms with van der Waals surface area (Å²) in [6.07, 6.45) is 3.00. The van der Waals surface area contributed by atoms with Crippen molar-refractivity contribution in [3.05, 3.63) is 71.3 Å². The molecule has 3 rings (SSSR count). The monoisotopic (exact) mass is 222 g/mol. The highest BCUT2D eigenvalue weighted by atomic mass is 16.1. The lowest BCUT2D eigenvalue weighted by atomic mass is 9.77. The topological polar surface area (TPSA) is 17.1 Å². The van der Waals surface area contributed by atoms with Gasteiger partial charge in [0, 0.05) is 0 Å². The summed E-state index contributed by atoms with van der Waals surface area (Å²) >= 11 is 0. The lowest BCUT2D eigenvalue weighted by Crippen LogP contribution is -2.26. The normalized spacial score (nSPS) is 22.1. The molecule has 2 aromatic carbocycles. The van der Waals surface area contributed by atoms with E-state index in [-0.39, 0.29) is 0 Å².